The van der Waals surface area contributed by atoms with E-state index in [0.717, 1.165) is 11.3 Å². The second-order valence-corrected chi connectivity index (χ2v) is 4.79. The molecule has 0 unspecified atom stereocenters. The minimum atomic E-state index is -1.07. The van der Waals surface area contributed by atoms with E-state index in [4.69, 9.17) is 0 Å². The van der Waals surface area contributed by atoms with Crippen LogP contribution in [0.15, 0.2) is 41.3 Å². The number of carboxylic acid groups (broad SMARTS) is 1. The third-order valence-corrected chi connectivity index (χ3v) is 3.47. The number of carbonyl (C=O) groups is 1. The van der Waals surface area contributed by atoms with Gasteiger partial charge >= 0.3 is 11.7 Å². The quantitative estimate of drug-likeness (QED) is 0.767. The number of pyridine rings is 1. The van der Waals surface area contributed by atoms with E-state index in [9.17, 15) is 14.7 Å². The predicted molar refractivity (Wildman–Crippen MR) is 77.6 cm³/mol. The van der Waals surface area contributed by atoms with Gasteiger partial charge in [0, 0.05) is 6.20 Å². The number of aryl methyl sites for hydroxylation is 1. The lowest BCUT2D eigenvalue weighted by Crippen LogP contribution is -2.18. The van der Waals surface area contributed by atoms with Gasteiger partial charge in [-0.25, -0.2) is 9.59 Å². The first-order valence-electron chi connectivity index (χ1n) is 6.43. The molecule has 0 amide bonds. The Labute approximate surface area is 119 Å². The molecule has 0 spiro atoms. The summed E-state index contributed by atoms with van der Waals surface area (Å²) >= 11 is 0. The standard InChI is InChI=1S/C15H13N3O3/c1-9-4-3-7-16-11(9)8-18-12-6-2-5-10(14(19)20)13(12)17-15(18)21/h2-7H,8H2,1H3,(H,17,21)(H,19,20). The highest BCUT2D eigenvalue weighted by atomic mass is 16.4. The average molecular weight is 283 g/mol. The summed E-state index contributed by atoms with van der Waals surface area (Å²) in [5, 5.41) is 9.17. The molecular formula is C15H13N3O3. The van der Waals surface area contributed by atoms with Gasteiger partial charge in [0.25, 0.3) is 0 Å². The molecule has 3 rings (SSSR count). The van der Waals surface area contributed by atoms with Gasteiger partial charge in [-0.1, -0.05) is 12.1 Å². The van der Waals surface area contributed by atoms with Gasteiger partial charge in [0.15, 0.2) is 0 Å². The van der Waals surface area contributed by atoms with Crippen LogP contribution in [-0.4, -0.2) is 25.6 Å². The minimum Gasteiger partial charge on any atom is -0.478 e. The fraction of sp³-hybridized carbons (Fsp3) is 0.133. The summed E-state index contributed by atoms with van der Waals surface area (Å²) in [5.74, 6) is -1.07. The van der Waals surface area contributed by atoms with E-state index in [2.05, 4.69) is 9.97 Å². The number of para-hydroxylation sites is 1. The molecule has 0 aliphatic rings. The van der Waals surface area contributed by atoms with Crippen LogP contribution in [0.5, 0.6) is 0 Å². The summed E-state index contributed by atoms with van der Waals surface area (Å²) in [6, 6.07) is 8.57. The van der Waals surface area contributed by atoms with Crippen LogP contribution in [0.3, 0.4) is 0 Å². The molecule has 106 valence electrons. The van der Waals surface area contributed by atoms with Gasteiger partial charge in [0.1, 0.15) is 0 Å². The number of aromatic carboxylic acids is 1. The molecular weight excluding hydrogens is 270 g/mol. The third-order valence-electron chi connectivity index (χ3n) is 3.47. The van der Waals surface area contributed by atoms with E-state index in [1.54, 1.807) is 18.3 Å². The molecule has 6 nitrogen and oxygen atoms in total. The molecule has 1 aromatic carbocycles. The Morgan fingerprint density at radius 2 is 2.14 bits per heavy atom. The van der Waals surface area contributed by atoms with Gasteiger partial charge < -0.3 is 10.1 Å². The van der Waals surface area contributed by atoms with E-state index in [-0.39, 0.29) is 11.3 Å². The number of hydrogen-bond acceptors (Lipinski definition) is 3. The van der Waals surface area contributed by atoms with E-state index in [1.807, 2.05) is 19.1 Å². The van der Waals surface area contributed by atoms with Crippen molar-refractivity contribution in [2.75, 3.05) is 0 Å². The lowest BCUT2D eigenvalue weighted by Gasteiger charge is -2.06. The maximum Gasteiger partial charge on any atom is 0.337 e. The first kappa shape index (κ1) is 13.1. The van der Waals surface area contributed by atoms with Crippen molar-refractivity contribution in [3.63, 3.8) is 0 Å². The Morgan fingerprint density at radius 1 is 1.33 bits per heavy atom. The molecule has 21 heavy (non-hydrogen) atoms. The second kappa shape index (κ2) is 4.90. The van der Waals surface area contributed by atoms with Gasteiger partial charge in [-0.3, -0.25) is 9.55 Å². The first-order valence-corrected chi connectivity index (χ1v) is 6.43. The van der Waals surface area contributed by atoms with E-state index in [0.29, 0.717) is 17.6 Å². The lowest BCUT2D eigenvalue weighted by molar-refractivity contribution is 0.0699. The molecule has 2 heterocycles. The van der Waals surface area contributed by atoms with Gasteiger partial charge in [-0.05, 0) is 30.7 Å². The number of rotatable bonds is 3. The van der Waals surface area contributed by atoms with Crippen molar-refractivity contribution in [1.29, 1.82) is 0 Å². The molecule has 2 aromatic heterocycles. The number of hydrogen-bond donors (Lipinski definition) is 2. The van der Waals surface area contributed by atoms with E-state index >= 15 is 0 Å². The van der Waals surface area contributed by atoms with Crippen LogP contribution < -0.4 is 5.69 Å². The SMILES string of the molecule is Cc1cccnc1Cn1c(=O)[nH]c2c(C(=O)O)cccc21. The van der Waals surface area contributed by atoms with Crippen LogP contribution in [0.1, 0.15) is 21.6 Å². The van der Waals surface area contributed by atoms with Crippen LogP contribution in [-0.2, 0) is 6.54 Å². The summed E-state index contributed by atoms with van der Waals surface area (Å²) in [4.78, 5) is 30.2. The molecule has 0 aliphatic carbocycles. The highest BCUT2D eigenvalue weighted by Crippen LogP contribution is 2.17. The van der Waals surface area contributed by atoms with E-state index in [1.165, 1.54) is 10.6 Å². The molecule has 3 aromatic rings. The zero-order valence-electron chi connectivity index (χ0n) is 11.3. The lowest BCUT2D eigenvalue weighted by atomic mass is 10.2. The fourth-order valence-corrected chi connectivity index (χ4v) is 2.35. The zero-order valence-corrected chi connectivity index (χ0v) is 11.3. The third kappa shape index (κ3) is 2.20. The van der Waals surface area contributed by atoms with Gasteiger partial charge in [-0.2, -0.15) is 0 Å². The van der Waals surface area contributed by atoms with Crippen molar-refractivity contribution in [2.24, 2.45) is 0 Å². The van der Waals surface area contributed by atoms with Crippen molar-refractivity contribution in [3.8, 4) is 0 Å². The number of benzene rings is 1. The number of imidazole rings is 1. The van der Waals surface area contributed by atoms with Crippen LogP contribution in [0.2, 0.25) is 0 Å². The van der Waals surface area contributed by atoms with Crippen molar-refractivity contribution in [2.45, 2.75) is 13.5 Å². The number of fused-ring (bicyclic) bond motifs is 1. The summed E-state index contributed by atoms with van der Waals surface area (Å²) in [6.07, 6.45) is 1.67. The summed E-state index contributed by atoms with van der Waals surface area (Å²) in [6.45, 7) is 2.22. The summed E-state index contributed by atoms with van der Waals surface area (Å²) in [7, 11) is 0. The van der Waals surface area contributed by atoms with Gasteiger partial charge in [0.2, 0.25) is 0 Å². The van der Waals surface area contributed by atoms with Gasteiger partial charge in [0.05, 0.1) is 28.8 Å². The Bertz CT molecular complexity index is 893. The molecule has 6 heteroatoms. The van der Waals surface area contributed by atoms with Crippen LogP contribution in [0.25, 0.3) is 11.0 Å². The average Bonchev–Trinajstić information content (AvgIpc) is 2.77. The second-order valence-electron chi connectivity index (χ2n) is 4.79. The molecule has 0 bridgehead atoms. The van der Waals surface area contributed by atoms with Gasteiger partial charge in [-0.15, -0.1) is 0 Å². The number of carboxylic acids is 1. The Balaban J connectivity index is 2.18. The minimum absolute atomic E-state index is 0.0843. The number of H-pyrrole nitrogens is 1. The van der Waals surface area contributed by atoms with Crippen molar-refractivity contribution >= 4 is 17.0 Å². The summed E-state index contributed by atoms with van der Waals surface area (Å²) in [5.41, 5.74) is 2.40. The topological polar surface area (TPSA) is 88.0 Å². The maximum atomic E-state index is 12.1. The number of aromatic amines is 1. The van der Waals surface area contributed by atoms with Crippen LogP contribution in [0, 0.1) is 6.92 Å². The Morgan fingerprint density at radius 3 is 2.86 bits per heavy atom. The fourth-order valence-electron chi connectivity index (χ4n) is 2.35. The maximum absolute atomic E-state index is 12.1. The highest BCUT2D eigenvalue weighted by molar-refractivity contribution is 6.00. The number of nitrogens with one attached hydrogen (secondary N) is 1. The van der Waals surface area contributed by atoms with Crippen molar-refractivity contribution < 1.29 is 9.90 Å². The summed E-state index contributed by atoms with van der Waals surface area (Å²) < 4.78 is 1.50. The molecule has 0 saturated heterocycles. The Hall–Kier alpha value is -2.89. The zero-order chi connectivity index (χ0) is 15.0. The molecule has 0 aliphatic heterocycles. The molecule has 0 fully saturated rings. The van der Waals surface area contributed by atoms with Crippen LogP contribution >= 0.6 is 0 Å². The molecule has 0 saturated carbocycles. The monoisotopic (exact) mass is 283 g/mol. The smallest absolute Gasteiger partial charge is 0.337 e. The van der Waals surface area contributed by atoms with Crippen molar-refractivity contribution in [3.05, 3.63) is 63.8 Å². The molecule has 0 radical (unpaired) electrons. The molecule has 0 atom stereocenters. The highest BCUT2D eigenvalue weighted by Gasteiger charge is 2.15. The Kier molecular flexibility index (Phi) is 3.06. The number of nitrogens with zero attached hydrogens (tertiary/aromatic N) is 2. The van der Waals surface area contributed by atoms with Crippen molar-refractivity contribution in [1.82, 2.24) is 14.5 Å². The van der Waals surface area contributed by atoms with E-state index < -0.39 is 5.97 Å². The number of aromatic nitrogens is 3. The first-order chi connectivity index (χ1) is 10.1. The normalized spacial score (nSPS) is 10.9. The van der Waals surface area contributed by atoms with Crippen LogP contribution in [0.4, 0.5) is 0 Å². The largest absolute Gasteiger partial charge is 0.478 e. The predicted octanol–water partition coefficient (Wildman–Crippen LogP) is 1.78. The molecule has 2 N–H and O–H groups in total.